The van der Waals surface area contributed by atoms with Gasteiger partial charge in [0.2, 0.25) is 15.9 Å². The molecule has 1 amide bonds. The van der Waals surface area contributed by atoms with Crippen molar-refractivity contribution in [1.82, 2.24) is 9.62 Å². The Kier molecular flexibility index (Phi) is 7.11. The van der Waals surface area contributed by atoms with E-state index in [-0.39, 0.29) is 22.5 Å². The average Bonchev–Trinajstić information content (AvgIpc) is 2.63. The number of carbonyl (C=O) groups excluding carboxylic acids is 1. The van der Waals surface area contributed by atoms with Crippen molar-refractivity contribution in [3.05, 3.63) is 53.6 Å². The molecule has 0 spiro atoms. The molecule has 3 N–H and O–H groups in total. The van der Waals surface area contributed by atoms with E-state index in [1.807, 2.05) is 32.0 Å². The zero-order chi connectivity index (χ0) is 20.9. The Morgan fingerprint density at radius 2 is 1.64 bits per heavy atom. The lowest BCUT2D eigenvalue weighted by atomic mass is 10.1. The van der Waals surface area contributed by atoms with Crippen LogP contribution in [0.5, 0.6) is 0 Å². The monoisotopic (exact) mass is 420 g/mol. The number of nitrogens with one attached hydrogen (secondary N) is 3. The van der Waals surface area contributed by atoms with E-state index in [0.29, 0.717) is 5.69 Å². The van der Waals surface area contributed by atoms with E-state index in [1.54, 1.807) is 12.1 Å². The van der Waals surface area contributed by atoms with E-state index in [0.717, 1.165) is 21.1 Å². The summed E-state index contributed by atoms with van der Waals surface area (Å²) in [6, 6.07) is 12.1. The third-order valence-corrected chi connectivity index (χ3v) is 6.08. The number of rotatable bonds is 6. The molecule has 0 aliphatic rings. The average molecular weight is 421 g/mol. The van der Waals surface area contributed by atoms with E-state index >= 15 is 0 Å². The fraction of sp³-hybridized carbons (Fsp3) is 0.263. The van der Waals surface area contributed by atoms with Crippen LogP contribution in [0.15, 0.2) is 47.4 Å². The van der Waals surface area contributed by atoms with Crippen molar-refractivity contribution < 1.29 is 13.2 Å². The number of hydrogen-bond acceptors (Lipinski definition) is 4. The molecule has 0 fully saturated rings. The van der Waals surface area contributed by atoms with Crippen LogP contribution in [0.25, 0.3) is 0 Å². The van der Waals surface area contributed by atoms with Gasteiger partial charge in [0.1, 0.15) is 0 Å². The van der Waals surface area contributed by atoms with Crippen LogP contribution in [0.1, 0.15) is 11.1 Å². The molecular weight excluding hydrogens is 396 g/mol. The number of anilines is 2. The summed E-state index contributed by atoms with van der Waals surface area (Å²) in [5.74, 6) is -0.231. The summed E-state index contributed by atoms with van der Waals surface area (Å²) >= 11 is 5.20. The zero-order valence-electron chi connectivity index (χ0n) is 16.2. The highest BCUT2D eigenvalue weighted by Gasteiger charge is 2.17. The molecule has 2 rings (SSSR count). The van der Waals surface area contributed by atoms with Gasteiger partial charge in [0.15, 0.2) is 5.11 Å². The molecule has 0 bridgehead atoms. The minimum atomic E-state index is -3.54. The Morgan fingerprint density at radius 3 is 2.25 bits per heavy atom. The highest BCUT2D eigenvalue weighted by atomic mass is 32.2. The maximum Gasteiger partial charge on any atom is 0.243 e. The molecule has 0 saturated carbocycles. The first-order chi connectivity index (χ1) is 13.1. The first-order valence-electron chi connectivity index (χ1n) is 8.55. The van der Waals surface area contributed by atoms with Gasteiger partial charge in [0, 0.05) is 25.5 Å². The number of nitrogens with zero attached hydrogens (tertiary/aromatic N) is 1. The molecule has 0 saturated heterocycles. The third kappa shape index (κ3) is 5.51. The molecule has 0 radical (unpaired) electrons. The van der Waals surface area contributed by atoms with E-state index in [1.165, 1.54) is 26.2 Å². The molecule has 0 aliphatic carbocycles. The molecule has 7 nitrogen and oxygen atoms in total. The van der Waals surface area contributed by atoms with Crippen molar-refractivity contribution in [2.24, 2.45) is 0 Å². The maximum absolute atomic E-state index is 12.2. The molecule has 2 aromatic rings. The number of benzene rings is 2. The molecule has 150 valence electrons. The van der Waals surface area contributed by atoms with Crippen LogP contribution in [0, 0.1) is 13.8 Å². The molecule has 2 aromatic carbocycles. The van der Waals surface area contributed by atoms with Crippen LogP contribution in [0.3, 0.4) is 0 Å². The molecule has 28 heavy (non-hydrogen) atoms. The molecule has 0 aromatic heterocycles. The first kappa shape index (κ1) is 21.8. The van der Waals surface area contributed by atoms with Crippen molar-refractivity contribution in [2.45, 2.75) is 18.7 Å². The predicted octanol–water partition coefficient (Wildman–Crippen LogP) is 2.48. The summed E-state index contributed by atoms with van der Waals surface area (Å²) in [4.78, 5) is 12.3. The summed E-state index contributed by atoms with van der Waals surface area (Å²) in [5.41, 5.74) is 3.26. The summed E-state index contributed by atoms with van der Waals surface area (Å²) < 4.78 is 25.6. The number of aryl methyl sites for hydroxylation is 2. The quantitative estimate of drug-likeness (QED) is 0.622. The van der Waals surface area contributed by atoms with Gasteiger partial charge >= 0.3 is 0 Å². The lowest BCUT2D eigenvalue weighted by molar-refractivity contribution is -0.115. The molecule has 9 heteroatoms. The second kappa shape index (κ2) is 9.13. The number of amides is 1. The topological polar surface area (TPSA) is 90.5 Å². The highest BCUT2D eigenvalue weighted by molar-refractivity contribution is 7.89. The minimum Gasteiger partial charge on any atom is -0.353 e. The van der Waals surface area contributed by atoms with Crippen LogP contribution in [-0.2, 0) is 14.8 Å². The van der Waals surface area contributed by atoms with Gasteiger partial charge in [0.05, 0.1) is 11.4 Å². The van der Waals surface area contributed by atoms with Gasteiger partial charge in [-0.15, -0.1) is 0 Å². The Bertz CT molecular complexity index is 968. The van der Waals surface area contributed by atoms with E-state index in [2.05, 4.69) is 16.0 Å². The largest absolute Gasteiger partial charge is 0.353 e. The lowest BCUT2D eigenvalue weighted by Crippen LogP contribution is -2.35. The van der Waals surface area contributed by atoms with Crippen molar-refractivity contribution >= 4 is 44.6 Å². The van der Waals surface area contributed by atoms with Gasteiger partial charge < -0.3 is 16.0 Å². The van der Waals surface area contributed by atoms with Gasteiger partial charge in [-0.25, -0.2) is 12.7 Å². The summed E-state index contributed by atoms with van der Waals surface area (Å²) in [7, 11) is -0.601. The number of hydrogen-bond donors (Lipinski definition) is 3. The fourth-order valence-electron chi connectivity index (χ4n) is 2.48. The van der Waals surface area contributed by atoms with Gasteiger partial charge in [-0.1, -0.05) is 24.3 Å². The third-order valence-electron chi connectivity index (χ3n) is 4.03. The lowest BCUT2D eigenvalue weighted by Gasteiger charge is -2.15. The molecule has 0 unspecified atom stereocenters. The Morgan fingerprint density at radius 1 is 1.04 bits per heavy atom. The standard InChI is InChI=1S/C19H24N4O3S2/c1-13-7-5-8-14(2)18(13)22-17(24)12-20-19(27)21-15-9-6-10-16(11-15)28(25,26)23(3)4/h5-11H,12H2,1-4H3,(H,22,24)(H2,20,21,27). The van der Waals surface area contributed by atoms with Crippen molar-refractivity contribution in [2.75, 3.05) is 31.3 Å². The summed E-state index contributed by atoms with van der Waals surface area (Å²) in [6.07, 6.45) is 0. The molecule has 0 aliphatic heterocycles. The fourth-order valence-corrected chi connectivity index (χ4v) is 3.61. The summed E-state index contributed by atoms with van der Waals surface area (Å²) in [6.45, 7) is 3.84. The van der Waals surface area contributed by atoms with Gasteiger partial charge in [-0.05, 0) is 55.4 Å². The van der Waals surface area contributed by atoms with Gasteiger partial charge in [0.25, 0.3) is 0 Å². The second-order valence-electron chi connectivity index (χ2n) is 6.44. The van der Waals surface area contributed by atoms with Crippen LogP contribution in [0.2, 0.25) is 0 Å². The number of thiocarbonyl (C=S) groups is 1. The van der Waals surface area contributed by atoms with Crippen LogP contribution in [0.4, 0.5) is 11.4 Å². The molecule has 0 atom stereocenters. The molecule has 0 heterocycles. The minimum absolute atomic E-state index is 0.0186. The van der Waals surface area contributed by atoms with Crippen LogP contribution < -0.4 is 16.0 Å². The van der Waals surface area contributed by atoms with Gasteiger partial charge in [-0.3, -0.25) is 4.79 Å². The van der Waals surface area contributed by atoms with Crippen molar-refractivity contribution in [3.8, 4) is 0 Å². The zero-order valence-corrected chi connectivity index (χ0v) is 17.9. The van der Waals surface area contributed by atoms with E-state index in [4.69, 9.17) is 12.2 Å². The number of para-hydroxylation sites is 1. The Labute approximate surface area is 171 Å². The first-order valence-corrected chi connectivity index (χ1v) is 10.4. The second-order valence-corrected chi connectivity index (χ2v) is 9.00. The smallest absolute Gasteiger partial charge is 0.243 e. The Balaban J connectivity index is 1.95. The molecular formula is C19H24N4O3S2. The normalized spacial score (nSPS) is 11.2. The summed E-state index contributed by atoms with van der Waals surface area (Å²) in [5, 5.41) is 8.80. The maximum atomic E-state index is 12.2. The van der Waals surface area contributed by atoms with Crippen LogP contribution in [-0.4, -0.2) is 44.4 Å². The highest BCUT2D eigenvalue weighted by Crippen LogP contribution is 2.19. The van der Waals surface area contributed by atoms with E-state index < -0.39 is 10.0 Å². The van der Waals surface area contributed by atoms with Crippen molar-refractivity contribution in [3.63, 3.8) is 0 Å². The van der Waals surface area contributed by atoms with E-state index in [9.17, 15) is 13.2 Å². The van der Waals surface area contributed by atoms with Crippen molar-refractivity contribution in [1.29, 1.82) is 0 Å². The SMILES string of the molecule is Cc1cccc(C)c1NC(=O)CNC(=S)Nc1cccc(S(=O)(=O)N(C)C)c1. The number of carbonyl (C=O) groups is 1. The predicted molar refractivity (Wildman–Crippen MR) is 116 cm³/mol. The Hall–Kier alpha value is -2.49. The van der Waals surface area contributed by atoms with Gasteiger partial charge in [-0.2, -0.15) is 0 Å². The number of sulfonamides is 1. The van der Waals surface area contributed by atoms with Crippen LogP contribution >= 0.6 is 12.2 Å².